The van der Waals surface area contributed by atoms with Crippen LogP contribution in [0.15, 0.2) is 18.2 Å². The number of benzene rings is 1. The third-order valence-corrected chi connectivity index (χ3v) is 4.10. The Hall–Kier alpha value is -1.55. The molecule has 1 rings (SSSR count). The Bertz CT molecular complexity index is 502. The average molecular weight is 312 g/mol. The van der Waals surface area contributed by atoms with E-state index in [4.69, 9.17) is 16.7 Å². The number of halogens is 1. The number of amides is 1. The molecule has 4 nitrogen and oxygen atoms in total. The lowest BCUT2D eigenvalue weighted by Crippen LogP contribution is -2.26. The van der Waals surface area contributed by atoms with E-state index in [1.54, 1.807) is 18.2 Å². The molecule has 1 unspecified atom stereocenters. The summed E-state index contributed by atoms with van der Waals surface area (Å²) >= 11 is 6.00. The molecule has 1 atom stereocenters. The lowest BCUT2D eigenvalue weighted by Gasteiger charge is -2.14. The van der Waals surface area contributed by atoms with Gasteiger partial charge in [0.25, 0.3) is 5.91 Å². The largest absolute Gasteiger partial charge is 0.481 e. The highest BCUT2D eigenvalue weighted by molar-refractivity contribution is 6.31. The van der Waals surface area contributed by atoms with E-state index >= 15 is 0 Å². The van der Waals surface area contributed by atoms with Crippen molar-refractivity contribution in [2.24, 2.45) is 5.92 Å². The van der Waals surface area contributed by atoms with Crippen LogP contribution in [0.3, 0.4) is 0 Å². The van der Waals surface area contributed by atoms with Gasteiger partial charge in [0.1, 0.15) is 0 Å². The molecule has 1 aromatic rings. The Balaban J connectivity index is 2.45. The van der Waals surface area contributed by atoms with Crippen LogP contribution in [0, 0.1) is 12.8 Å². The van der Waals surface area contributed by atoms with Gasteiger partial charge in [-0.25, -0.2) is 0 Å². The molecule has 1 amide bonds. The van der Waals surface area contributed by atoms with Gasteiger partial charge in [-0.05, 0) is 43.4 Å². The zero-order chi connectivity index (χ0) is 15.8. The second kappa shape index (κ2) is 8.67. The molecule has 0 aliphatic rings. The minimum absolute atomic E-state index is 0.136. The van der Waals surface area contributed by atoms with E-state index in [1.165, 1.54) is 0 Å². The number of carboxylic acids is 1. The number of aliphatic carboxylic acids is 1. The highest BCUT2D eigenvalue weighted by Gasteiger charge is 2.12. The Morgan fingerprint density at radius 1 is 1.33 bits per heavy atom. The number of hydrogen-bond donors (Lipinski definition) is 2. The molecular formula is C16H22ClNO3. The summed E-state index contributed by atoms with van der Waals surface area (Å²) in [5, 5.41) is 12.1. The van der Waals surface area contributed by atoms with Crippen LogP contribution < -0.4 is 5.32 Å². The molecule has 21 heavy (non-hydrogen) atoms. The summed E-state index contributed by atoms with van der Waals surface area (Å²) in [4.78, 5) is 22.7. The van der Waals surface area contributed by atoms with Crippen LogP contribution in [0.1, 0.15) is 48.5 Å². The summed E-state index contributed by atoms with van der Waals surface area (Å²) < 4.78 is 0. The fraction of sp³-hybridized carbons (Fsp3) is 0.500. The molecule has 0 aliphatic heterocycles. The molecule has 1 aromatic carbocycles. The molecule has 0 saturated carbocycles. The Labute approximate surface area is 130 Å². The Morgan fingerprint density at radius 2 is 2.05 bits per heavy atom. The van der Waals surface area contributed by atoms with Gasteiger partial charge in [0.15, 0.2) is 0 Å². The topological polar surface area (TPSA) is 66.4 Å². The van der Waals surface area contributed by atoms with Crippen LogP contribution >= 0.6 is 11.6 Å². The summed E-state index contributed by atoms with van der Waals surface area (Å²) in [5.74, 6) is -0.586. The first-order valence-electron chi connectivity index (χ1n) is 7.20. The van der Waals surface area contributed by atoms with E-state index in [0.717, 1.165) is 18.4 Å². The molecule has 0 aromatic heterocycles. The monoisotopic (exact) mass is 311 g/mol. The molecule has 0 radical (unpaired) electrons. The number of rotatable bonds is 8. The predicted molar refractivity (Wildman–Crippen MR) is 83.8 cm³/mol. The van der Waals surface area contributed by atoms with Gasteiger partial charge in [0.2, 0.25) is 0 Å². The highest BCUT2D eigenvalue weighted by atomic mass is 35.5. The quantitative estimate of drug-likeness (QED) is 0.770. The normalized spacial score (nSPS) is 12.0. The van der Waals surface area contributed by atoms with Crippen molar-refractivity contribution >= 4 is 23.5 Å². The van der Waals surface area contributed by atoms with E-state index in [-0.39, 0.29) is 12.3 Å². The number of carbonyl (C=O) groups excluding carboxylic acids is 1. The highest BCUT2D eigenvalue weighted by Crippen LogP contribution is 2.19. The van der Waals surface area contributed by atoms with Crippen molar-refractivity contribution in [2.45, 2.75) is 39.5 Å². The summed E-state index contributed by atoms with van der Waals surface area (Å²) in [6, 6.07) is 5.26. The molecular weight excluding hydrogens is 290 g/mol. The van der Waals surface area contributed by atoms with Gasteiger partial charge in [-0.15, -0.1) is 0 Å². The zero-order valence-corrected chi connectivity index (χ0v) is 13.2. The Morgan fingerprint density at radius 3 is 2.67 bits per heavy atom. The molecule has 0 saturated heterocycles. The summed E-state index contributed by atoms with van der Waals surface area (Å²) in [6.07, 6.45) is 2.53. The lowest BCUT2D eigenvalue weighted by molar-refractivity contribution is -0.137. The van der Waals surface area contributed by atoms with Crippen LogP contribution in [0.25, 0.3) is 0 Å². The first-order valence-corrected chi connectivity index (χ1v) is 7.58. The standard InChI is InChI=1S/C16H22ClNO3/c1-3-12(7-8-15(19)20)9-10-18-16(21)13-5-4-6-14(17)11(13)2/h4-6,12H,3,7-10H2,1-2H3,(H,18,21)(H,19,20). The smallest absolute Gasteiger partial charge is 0.303 e. The molecule has 0 heterocycles. The minimum atomic E-state index is -0.771. The number of nitrogens with one attached hydrogen (secondary N) is 1. The van der Waals surface area contributed by atoms with Gasteiger partial charge in [0, 0.05) is 23.6 Å². The number of hydrogen-bond acceptors (Lipinski definition) is 2. The molecule has 116 valence electrons. The van der Waals surface area contributed by atoms with Crippen molar-refractivity contribution in [3.8, 4) is 0 Å². The molecule has 0 aliphatic carbocycles. The van der Waals surface area contributed by atoms with Crippen molar-refractivity contribution in [2.75, 3.05) is 6.54 Å². The van der Waals surface area contributed by atoms with Crippen molar-refractivity contribution in [1.82, 2.24) is 5.32 Å². The van der Waals surface area contributed by atoms with Crippen molar-refractivity contribution in [3.63, 3.8) is 0 Å². The summed E-state index contributed by atoms with van der Waals surface area (Å²) in [5.41, 5.74) is 1.36. The summed E-state index contributed by atoms with van der Waals surface area (Å²) in [6.45, 7) is 4.40. The maximum Gasteiger partial charge on any atom is 0.303 e. The number of carbonyl (C=O) groups is 2. The van der Waals surface area contributed by atoms with E-state index < -0.39 is 5.97 Å². The fourth-order valence-electron chi connectivity index (χ4n) is 2.22. The van der Waals surface area contributed by atoms with E-state index in [0.29, 0.717) is 29.5 Å². The van der Waals surface area contributed by atoms with Crippen LogP contribution in [0.2, 0.25) is 5.02 Å². The van der Waals surface area contributed by atoms with E-state index in [2.05, 4.69) is 5.32 Å². The van der Waals surface area contributed by atoms with Crippen molar-refractivity contribution < 1.29 is 14.7 Å². The Kier molecular flexibility index (Phi) is 7.23. The third-order valence-electron chi connectivity index (χ3n) is 3.69. The van der Waals surface area contributed by atoms with Gasteiger partial charge in [-0.3, -0.25) is 9.59 Å². The average Bonchev–Trinajstić information content (AvgIpc) is 2.45. The van der Waals surface area contributed by atoms with E-state index in [9.17, 15) is 9.59 Å². The van der Waals surface area contributed by atoms with Gasteiger partial charge < -0.3 is 10.4 Å². The lowest BCUT2D eigenvalue weighted by atomic mass is 9.96. The molecule has 2 N–H and O–H groups in total. The third kappa shape index (κ3) is 5.76. The van der Waals surface area contributed by atoms with Gasteiger partial charge >= 0.3 is 5.97 Å². The number of carboxylic acid groups (broad SMARTS) is 1. The van der Waals surface area contributed by atoms with Crippen LogP contribution in [-0.4, -0.2) is 23.5 Å². The van der Waals surface area contributed by atoms with Gasteiger partial charge in [-0.2, -0.15) is 0 Å². The zero-order valence-electron chi connectivity index (χ0n) is 12.5. The second-order valence-electron chi connectivity index (χ2n) is 5.16. The molecule has 0 spiro atoms. The molecule has 5 heteroatoms. The molecule has 0 bridgehead atoms. The van der Waals surface area contributed by atoms with Crippen LogP contribution in [-0.2, 0) is 4.79 Å². The predicted octanol–water partition coefficient (Wildman–Crippen LogP) is 3.66. The maximum atomic E-state index is 12.1. The van der Waals surface area contributed by atoms with Gasteiger partial charge in [0.05, 0.1) is 0 Å². The van der Waals surface area contributed by atoms with Gasteiger partial charge in [-0.1, -0.05) is 31.0 Å². The van der Waals surface area contributed by atoms with E-state index in [1.807, 2.05) is 13.8 Å². The van der Waals surface area contributed by atoms with Crippen molar-refractivity contribution in [1.29, 1.82) is 0 Å². The summed E-state index contributed by atoms with van der Waals surface area (Å²) in [7, 11) is 0. The minimum Gasteiger partial charge on any atom is -0.481 e. The van der Waals surface area contributed by atoms with Crippen molar-refractivity contribution in [3.05, 3.63) is 34.3 Å². The van der Waals surface area contributed by atoms with Crippen LogP contribution in [0.4, 0.5) is 0 Å². The maximum absolute atomic E-state index is 12.1. The molecule has 0 fully saturated rings. The first kappa shape index (κ1) is 17.5. The van der Waals surface area contributed by atoms with Crippen LogP contribution in [0.5, 0.6) is 0 Å². The second-order valence-corrected chi connectivity index (χ2v) is 5.57. The first-order chi connectivity index (χ1) is 9.95. The SMILES string of the molecule is CCC(CCNC(=O)c1cccc(Cl)c1C)CCC(=O)O. The fourth-order valence-corrected chi connectivity index (χ4v) is 2.39.